The number of amides is 1. The van der Waals surface area contributed by atoms with E-state index in [9.17, 15) is 9.59 Å². The van der Waals surface area contributed by atoms with E-state index in [1.54, 1.807) is 10.9 Å². The van der Waals surface area contributed by atoms with Crippen LogP contribution in [0.1, 0.15) is 24.4 Å². The topological polar surface area (TPSA) is 60.1 Å². The van der Waals surface area contributed by atoms with Crippen molar-refractivity contribution in [2.24, 2.45) is 7.05 Å². The Kier molecular flexibility index (Phi) is 4.62. The molecule has 0 radical (unpaired) electrons. The van der Waals surface area contributed by atoms with Crippen LogP contribution in [0.4, 0.5) is 0 Å². The molecule has 1 amide bonds. The lowest BCUT2D eigenvalue weighted by molar-refractivity contribution is -0.132. The maximum Gasteiger partial charge on any atom is 0.261 e. The summed E-state index contributed by atoms with van der Waals surface area (Å²) in [5.74, 6) is 0.109. The highest BCUT2D eigenvalue weighted by Gasteiger charge is 2.26. The minimum atomic E-state index is -0.0418. The molecule has 1 aliphatic heterocycles. The molecule has 4 aromatic rings. The van der Waals surface area contributed by atoms with Crippen molar-refractivity contribution >= 4 is 27.7 Å². The Labute approximate surface area is 174 Å². The lowest BCUT2D eigenvalue weighted by Gasteiger charge is -2.33. The van der Waals surface area contributed by atoms with Gasteiger partial charge in [0.05, 0.1) is 29.7 Å². The van der Waals surface area contributed by atoms with E-state index >= 15 is 0 Å². The lowest BCUT2D eigenvalue weighted by atomic mass is 10.0. The van der Waals surface area contributed by atoms with Gasteiger partial charge in [-0.25, -0.2) is 4.98 Å². The molecule has 1 atom stereocenters. The van der Waals surface area contributed by atoms with Crippen LogP contribution < -0.4 is 5.56 Å². The Morgan fingerprint density at radius 3 is 2.73 bits per heavy atom. The molecule has 0 unspecified atom stereocenters. The number of benzene rings is 2. The Hall–Kier alpha value is -3.41. The fourth-order valence-electron chi connectivity index (χ4n) is 4.59. The molecular formula is C24H24N4O2. The summed E-state index contributed by atoms with van der Waals surface area (Å²) in [6.07, 6.45) is 5.80. The molecular weight excluding hydrogens is 376 g/mol. The Morgan fingerprint density at radius 2 is 1.87 bits per heavy atom. The van der Waals surface area contributed by atoms with E-state index in [0.29, 0.717) is 23.9 Å². The molecule has 3 heterocycles. The monoisotopic (exact) mass is 400 g/mol. The van der Waals surface area contributed by atoms with Gasteiger partial charge in [-0.05, 0) is 36.6 Å². The molecule has 0 saturated carbocycles. The Bertz CT molecular complexity index is 1300. The summed E-state index contributed by atoms with van der Waals surface area (Å²) in [7, 11) is 2.01. The fourth-order valence-corrected chi connectivity index (χ4v) is 4.59. The van der Waals surface area contributed by atoms with E-state index in [-0.39, 0.29) is 17.5 Å². The number of nitrogens with zero attached hydrogens (tertiary/aromatic N) is 4. The van der Waals surface area contributed by atoms with Gasteiger partial charge >= 0.3 is 0 Å². The molecule has 30 heavy (non-hydrogen) atoms. The zero-order valence-electron chi connectivity index (χ0n) is 17.0. The molecule has 1 saturated heterocycles. The molecule has 2 aromatic carbocycles. The van der Waals surface area contributed by atoms with Crippen LogP contribution in [0, 0.1) is 0 Å². The van der Waals surface area contributed by atoms with Crippen molar-refractivity contribution in [3.05, 3.63) is 77.0 Å². The van der Waals surface area contributed by atoms with Gasteiger partial charge in [0.1, 0.15) is 0 Å². The summed E-state index contributed by atoms with van der Waals surface area (Å²) < 4.78 is 3.77. The van der Waals surface area contributed by atoms with E-state index in [1.165, 1.54) is 0 Å². The first-order valence-electron chi connectivity index (χ1n) is 10.4. The summed E-state index contributed by atoms with van der Waals surface area (Å²) in [6.45, 7) is 1.28. The van der Waals surface area contributed by atoms with Crippen LogP contribution in [-0.4, -0.2) is 38.0 Å². The van der Waals surface area contributed by atoms with Crippen LogP contribution in [-0.2, 0) is 18.3 Å². The summed E-state index contributed by atoms with van der Waals surface area (Å²) >= 11 is 0. The predicted octanol–water partition coefficient (Wildman–Crippen LogP) is 3.29. The fraction of sp³-hybridized carbons (Fsp3) is 0.292. The van der Waals surface area contributed by atoms with E-state index < -0.39 is 0 Å². The van der Waals surface area contributed by atoms with Crippen LogP contribution in [0.3, 0.4) is 0 Å². The summed E-state index contributed by atoms with van der Waals surface area (Å²) in [4.78, 5) is 32.4. The van der Waals surface area contributed by atoms with Crippen LogP contribution >= 0.6 is 0 Å². The van der Waals surface area contributed by atoms with Gasteiger partial charge in [0.2, 0.25) is 5.91 Å². The van der Waals surface area contributed by atoms with E-state index in [0.717, 1.165) is 35.9 Å². The van der Waals surface area contributed by atoms with Crippen LogP contribution in [0.2, 0.25) is 0 Å². The lowest BCUT2D eigenvalue weighted by Crippen LogP contribution is -2.43. The van der Waals surface area contributed by atoms with Crippen LogP contribution in [0.25, 0.3) is 21.8 Å². The summed E-state index contributed by atoms with van der Waals surface area (Å²) in [5, 5.41) is 1.75. The summed E-state index contributed by atoms with van der Waals surface area (Å²) in [5.41, 5.74) is 2.85. The number of carbonyl (C=O) groups is 1. The number of carbonyl (C=O) groups excluding carboxylic acids is 1. The van der Waals surface area contributed by atoms with Crippen molar-refractivity contribution in [1.82, 2.24) is 19.0 Å². The Balaban J connectivity index is 1.38. The number of rotatable bonds is 3. The van der Waals surface area contributed by atoms with Crippen molar-refractivity contribution in [3.8, 4) is 0 Å². The molecule has 1 aliphatic rings. The van der Waals surface area contributed by atoms with E-state index in [1.807, 2.05) is 54.5 Å². The first-order chi connectivity index (χ1) is 14.6. The summed E-state index contributed by atoms with van der Waals surface area (Å²) in [6, 6.07) is 15.5. The minimum absolute atomic E-state index is 0.0334. The normalized spacial score (nSPS) is 17.0. The molecule has 0 bridgehead atoms. The molecule has 1 fully saturated rings. The number of hydrogen-bond donors (Lipinski definition) is 0. The number of piperidine rings is 1. The standard InChI is InChI=1S/C24H24N4O2/c1-26-14-17(19-8-3-5-11-22(19)26)13-23(29)27-12-6-7-18(15-27)28-16-25-21-10-4-2-9-20(21)24(28)30/h2-5,8-11,14,16,18H,6-7,12-13,15H2,1H3/t18-/m0/s1. The van der Waals surface area contributed by atoms with Gasteiger partial charge in [-0.2, -0.15) is 0 Å². The highest BCUT2D eigenvalue weighted by molar-refractivity contribution is 5.89. The first kappa shape index (κ1) is 18.6. The predicted molar refractivity (Wildman–Crippen MR) is 117 cm³/mol. The van der Waals surface area contributed by atoms with Crippen molar-refractivity contribution in [3.63, 3.8) is 0 Å². The third kappa shape index (κ3) is 3.18. The molecule has 0 aliphatic carbocycles. The van der Waals surface area contributed by atoms with Gasteiger partial charge in [0.15, 0.2) is 0 Å². The number of hydrogen-bond acceptors (Lipinski definition) is 3. The van der Waals surface area contributed by atoms with Crippen molar-refractivity contribution < 1.29 is 4.79 Å². The zero-order chi connectivity index (χ0) is 20.7. The van der Waals surface area contributed by atoms with Gasteiger partial charge in [-0.15, -0.1) is 0 Å². The molecule has 5 rings (SSSR count). The number of fused-ring (bicyclic) bond motifs is 2. The average molecular weight is 400 g/mol. The van der Waals surface area contributed by atoms with Gasteiger partial charge < -0.3 is 9.47 Å². The third-order valence-corrected chi connectivity index (χ3v) is 6.15. The molecule has 2 aromatic heterocycles. The number of para-hydroxylation sites is 2. The zero-order valence-corrected chi connectivity index (χ0v) is 17.0. The van der Waals surface area contributed by atoms with Crippen LogP contribution in [0.15, 0.2) is 65.8 Å². The SMILES string of the molecule is Cn1cc(CC(=O)N2CCC[C@H](n3cnc4ccccc4c3=O)C2)c2ccccc21. The van der Waals surface area contributed by atoms with Gasteiger partial charge in [0.25, 0.3) is 5.56 Å². The van der Waals surface area contributed by atoms with Gasteiger partial charge in [-0.3, -0.25) is 14.2 Å². The molecule has 6 heteroatoms. The number of likely N-dealkylation sites (tertiary alicyclic amines) is 1. The van der Waals surface area contributed by atoms with Crippen molar-refractivity contribution in [2.45, 2.75) is 25.3 Å². The second kappa shape index (κ2) is 7.44. The molecule has 152 valence electrons. The molecule has 6 nitrogen and oxygen atoms in total. The first-order valence-corrected chi connectivity index (χ1v) is 10.4. The van der Waals surface area contributed by atoms with Crippen molar-refractivity contribution in [2.75, 3.05) is 13.1 Å². The highest BCUT2D eigenvalue weighted by Crippen LogP contribution is 2.24. The quantitative estimate of drug-likeness (QED) is 0.530. The van der Waals surface area contributed by atoms with E-state index in [4.69, 9.17) is 0 Å². The van der Waals surface area contributed by atoms with Gasteiger partial charge in [0, 0.05) is 37.2 Å². The van der Waals surface area contributed by atoms with E-state index in [2.05, 4.69) is 21.7 Å². The van der Waals surface area contributed by atoms with Gasteiger partial charge in [-0.1, -0.05) is 30.3 Å². The third-order valence-electron chi connectivity index (χ3n) is 6.15. The Morgan fingerprint density at radius 1 is 1.10 bits per heavy atom. The second-order valence-corrected chi connectivity index (χ2v) is 8.07. The highest BCUT2D eigenvalue weighted by atomic mass is 16.2. The van der Waals surface area contributed by atoms with Crippen LogP contribution in [0.5, 0.6) is 0 Å². The van der Waals surface area contributed by atoms with Crippen molar-refractivity contribution in [1.29, 1.82) is 0 Å². The largest absolute Gasteiger partial charge is 0.350 e. The maximum atomic E-state index is 13.1. The molecule has 0 spiro atoms. The second-order valence-electron chi connectivity index (χ2n) is 8.07. The number of aromatic nitrogens is 3. The average Bonchev–Trinajstić information content (AvgIpc) is 3.10. The number of aryl methyl sites for hydroxylation is 1. The maximum absolute atomic E-state index is 13.1. The molecule has 0 N–H and O–H groups in total. The smallest absolute Gasteiger partial charge is 0.261 e. The minimum Gasteiger partial charge on any atom is -0.350 e.